The number of aromatic nitrogens is 1. The predicted octanol–water partition coefficient (Wildman–Crippen LogP) is 2.43. The molecule has 7 nitrogen and oxygen atoms in total. The fraction of sp³-hybridized carbons (Fsp3) is 0.478. The Morgan fingerprint density at radius 2 is 1.77 bits per heavy atom. The number of amides is 2. The molecule has 1 aromatic carbocycles. The lowest BCUT2D eigenvalue weighted by molar-refractivity contribution is 0.141. The number of benzene rings is 1. The molecule has 3 aliphatic rings. The lowest BCUT2D eigenvalue weighted by atomic mass is 10.1. The zero-order valence-corrected chi connectivity index (χ0v) is 17.8. The number of hydrogen-bond acceptors (Lipinski definition) is 5. The molecule has 31 heavy (non-hydrogen) atoms. The smallest absolute Gasteiger partial charge is 0.323 e. The van der Waals surface area contributed by atoms with Gasteiger partial charge < -0.3 is 20.4 Å². The Bertz CT molecular complexity index is 947. The summed E-state index contributed by atoms with van der Waals surface area (Å²) in [5, 5.41) is 2.88. The second-order valence-corrected chi connectivity index (χ2v) is 9.07. The summed E-state index contributed by atoms with van der Waals surface area (Å²) in [4.78, 5) is 24.1. The highest BCUT2D eigenvalue weighted by molar-refractivity contribution is 5.92. The molecule has 3 atom stereocenters. The number of rotatable bonds is 4. The summed E-state index contributed by atoms with van der Waals surface area (Å²) in [6, 6.07) is 9.44. The topological polar surface area (TPSA) is 77.7 Å². The van der Waals surface area contributed by atoms with Crippen molar-refractivity contribution in [3.63, 3.8) is 0 Å². The molecule has 1 aromatic heterocycles. The number of hydrogen-bond donors (Lipinski definition) is 2. The number of nitrogens with two attached hydrogens (primary N) is 1. The fourth-order valence-corrected chi connectivity index (χ4v) is 4.95. The van der Waals surface area contributed by atoms with Gasteiger partial charge in [0.15, 0.2) is 5.82 Å². The number of piperazine rings is 1. The number of anilines is 2. The minimum Gasteiger partial charge on any atom is -0.396 e. The summed E-state index contributed by atoms with van der Waals surface area (Å²) in [6.07, 6.45) is 0. The lowest BCUT2D eigenvalue weighted by Crippen LogP contribution is -2.45. The van der Waals surface area contributed by atoms with Gasteiger partial charge in [-0.25, -0.2) is 14.2 Å². The second kappa shape index (κ2) is 8.09. The van der Waals surface area contributed by atoms with Gasteiger partial charge in [0.05, 0.1) is 11.4 Å². The average Bonchev–Trinajstić information content (AvgIpc) is 3.18. The van der Waals surface area contributed by atoms with Crippen molar-refractivity contribution in [3.05, 3.63) is 42.2 Å². The van der Waals surface area contributed by atoms with E-state index in [1.807, 2.05) is 4.90 Å². The number of likely N-dealkylation sites (N-methyl/N-ethyl adjacent to an activating group) is 1. The molecule has 1 saturated carbocycles. The summed E-state index contributed by atoms with van der Waals surface area (Å²) in [5.74, 6) is 1.99. The summed E-state index contributed by atoms with van der Waals surface area (Å²) in [5.41, 5.74) is 7.87. The SMILES string of the molecule is CN1CCN(CC2[C@H]3CN(C(=O)Nc4nc(-c5ccc(F)cc5)ccc4N)C[C@@H]23)CC1. The first-order valence-electron chi connectivity index (χ1n) is 11.0. The first kappa shape index (κ1) is 20.2. The van der Waals surface area contributed by atoms with Gasteiger partial charge in [-0.3, -0.25) is 5.32 Å². The summed E-state index contributed by atoms with van der Waals surface area (Å²) >= 11 is 0. The molecular weight excluding hydrogens is 395 g/mol. The second-order valence-electron chi connectivity index (χ2n) is 9.07. The van der Waals surface area contributed by atoms with Crippen LogP contribution in [0.2, 0.25) is 0 Å². The summed E-state index contributed by atoms with van der Waals surface area (Å²) in [7, 11) is 2.18. The molecule has 3 heterocycles. The zero-order valence-electron chi connectivity index (χ0n) is 17.8. The van der Waals surface area contributed by atoms with Gasteiger partial charge in [0, 0.05) is 51.4 Å². The van der Waals surface area contributed by atoms with E-state index < -0.39 is 0 Å². The van der Waals surface area contributed by atoms with Crippen LogP contribution in [0, 0.1) is 23.6 Å². The van der Waals surface area contributed by atoms with E-state index in [9.17, 15) is 9.18 Å². The molecule has 0 radical (unpaired) electrons. The van der Waals surface area contributed by atoms with Gasteiger partial charge in [0.25, 0.3) is 0 Å². The third kappa shape index (κ3) is 4.22. The van der Waals surface area contributed by atoms with Gasteiger partial charge in [-0.05, 0) is 61.2 Å². The van der Waals surface area contributed by atoms with Crippen molar-refractivity contribution in [2.75, 3.05) is 63.9 Å². The van der Waals surface area contributed by atoms with Crippen LogP contribution in [-0.2, 0) is 0 Å². The Labute approximate surface area is 182 Å². The van der Waals surface area contributed by atoms with Gasteiger partial charge in [0.2, 0.25) is 0 Å². The number of pyridine rings is 1. The van der Waals surface area contributed by atoms with Crippen LogP contribution in [0.4, 0.5) is 20.7 Å². The molecule has 0 bridgehead atoms. The molecule has 2 aliphatic heterocycles. The molecule has 3 N–H and O–H groups in total. The third-order valence-corrected chi connectivity index (χ3v) is 7.02. The number of nitrogen functional groups attached to an aromatic ring is 1. The van der Waals surface area contributed by atoms with Gasteiger partial charge in [-0.1, -0.05) is 0 Å². The van der Waals surface area contributed by atoms with E-state index in [-0.39, 0.29) is 11.8 Å². The van der Waals surface area contributed by atoms with Crippen molar-refractivity contribution in [2.45, 2.75) is 0 Å². The van der Waals surface area contributed by atoms with Crippen LogP contribution in [0.25, 0.3) is 11.3 Å². The minimum atomic E-state index is -0.300. The van der Waals surface area contributed by atoms with E-state index in [4.69, 9.17) is 5.73 Å². The maximum atomic E-state index is 13.2. The van der Waals surface area contributed by atoms with Crippen LogP contribution in [0.3, 0.4) is 0 Å². The number of likely N-dealkylation sites (tertiary alicyclic amines) is 1. The number of urea groups is 1. The molecule has 2 aromatic rings. The Kier molecular flexibility index (Phi) is 5.27. The molecular formula is C23H29FN6O. The zero-order chi connectivity index (χ0) is 21.5. The number of nitrogens with zero attached hydrogens (tertiary/aromatic N) is 4. The average molecular weight is 425 g/mol. The first-order valence-corrected chi connectivity index (χ1v) is 11.0. The highest BCUT2D eigenvalue weighted by Crippen LogP contribution is 2.52. The van der Waals surface area contributed by atoms with E-state index in [0.29, 0.717) is 29.0 Å². The Balaban J connectivity index is 1.17. The molecule has 2 amide bonds. The Morgan fingerprint density at radius 1 is 1.10 bits per heavy atom. The number of carbonyl (C=O) groups excluding carboxylic acids is 1. The van der Waals surface area contributed by atoms with Gasteiger partial charge in [0.1, 0.15) is 5.82 Å². The van der Waals surface area contributed by atoms with Crippen molar-refractivity contribution < 1.29 is 9.18 Å². The van der Waals surface area contributed by atoms with Gasteiger partial charge >= 0.3 is 6.03 Å². The Morgan fingerprint density at radius 3 is 2.45 bits per heavy atom. The number of nitrogens with one attached hydrogen (secondary N) is 1. The molecule has 164 valence electrons. The Hall–Kier alpha value is -2.71. The molecule has 1 aliphatic carbocycles. The van der Waals surface area contributed by atoms with Crippen LogP contribution < -0.4 is 11.1 Å². The third-order valence-electron chi connectivity index (χ3n) is 7.02. The van der Waals surface area contributed by atoms with Crippen molar-refractivity contribution in [2.24, 2.45) is 17.8 Å². The van der Waals surface area contributed by atoms with Gasteiger partial charge in [-0.15, -0.1) is 0 Å². The van der Waals surface area contributed by atoms with Crippen molar-refractivity contribution in [3.8, 4) is 11.3 Å². The standard InChI is InChI=1S/C23H29FN6O/c1-28-8-10-29(11-9-28)12-17-18-13-30(14-19(17)18)23(31)27-22-20(25)6-7-21(26-22)15-2-4-16(24)5-3-15/h2-7,17-19H,8-14,25H2,1H3,(H,26,27,31)/t17?,18-,19+. The van der Waals surface area contributed by atoms with E-state index >= 15 is 0 Å². The van der Waals surface area contributed by atoms with Crippen LogP contribution in [0.5, 0.6) is 0 Å². The van der Waals surface area contributed by atoms with Crippen molar-refractivity contribution in [1.82, 2.24) is 19.7 Å². The van der Waals surface area contributed by atoms with Gasteiger partial charge in [-0.2, -0.15) is 0 Å². The van der Waals surface area contributed by atoms with E-state index in [1.54, 1.807) is 24.3 Å². The predicted molar refractivity (Wildman–Crippen MR) is 119 cm³/mol. The summed E-state index contributed by atoms with van der Waals surface area (Å²) in [6.45, 7) is 7.33. The van der Waals surface area contributed by atoms with Crippen LogP contribution in [0.1, 0.15) is 0 Å². The molecule has 0 spiro atoms. The maximum absolute atomic E-state index is 13.2. The highest BCUT2D eigenvalue weighted by Gasteiger charge is 2.56. The lowest BCUT2D eigenvalue weighted by Gasteiger charge is -2.33. The van der Waals surface area contributed by atoms with E-state index in [2.05, 4.69) is 27.1 Å². The molecule has 2 saturated heterocycles. The van der Waals surface area contributed by atoms with Crippen LogP contribution in [0.15, 0.2) is 36.4 Å². The minimum absolute atomic E-state index is 0.152. The highest BCUT2D eigenvalue weighted by atomic mass is 19.1. The number of carbonyl (C=O) groups is 1. The van der Waals surface area contributed by atoms with E-state index in [0.717, 1.165) is 57.3 Å². The largest absolute Gasteiger partial charge is 0.396 e. The van der Waals surface area contributed by atoms with E-state index in [1.165, 1.54) is 12.1 Å². The molecule has 3 fully saturated rings. The first-order chi connectivity index (χ1) is 15.0. The monoisotopic (exact) mass is 424 g/mol. The molecule has 5 rings (SSSR count). The number of piperidine rings is 1. The summed E-state index contributed by atoms with van der Waals surface area (Å²) < 4.78 is 13.2. The quantitative estimate of drug-likeness (QED) is 0.788. The fourth-order valence-electron chi connectivity index (χ4n) is 4.95. The molecule has 8 heteroatoms. The number of fused-ring (bicyclic) bond motifs is 1. The van der Waals surface area contributed by atoms with Crippen LogP contribution in [-0.4, -0.2) is 78.6 Å². The maximum Gasteiger partial charge on any atom is 0.323 e. The number of halogens is 1. The van der Waals surface area contributed by atoms with Crippen LogP contribution >= 0.6 is 0 Å². The van der Waals surface area contributed by atoms with Crippen molar-refractivity contribution in [1.29, 1.82) is 0 Å². The van der Waals surface area contributed by atoms with Crippen molar-refractivity contribution >= 4 is 17.5 Å². The molecule has 1 unspecified atom stereocenters. The normalized spacial score (nSPS) is 26.0.